The molecular formula is FeNiSeV. The van der Waals surface area contributed by atoms with Crippen LogP contribution in [0.2, 0.25) is 0 Å². The van der Waals surface area contributed by atoms with Crippen molar-refractivity contribution in [3.63, 3.8) is 0 Å². The largest absolute Gasteiger partial charge is 0 e. The molecule has 29 valence electrons. The Bertz CT molecular complexity index is 8.00. The molecule has 0 atom stereocenters. The van der Waals surface area contributed by atoms with E-state index in [4.69, 9.17) is 0 Å². The van der Waals surface area contributed by atoms with Crippen LogP contribution in [0.4, 0.5) is 0 Å². The van der Waals surface area contributed by atoms with Crippen LogP contribution in [0, 0.1) is 0 Å². The molecule has 0 aromatic heterocycles. The van der Waals surface area contributed by atoms with Crippen molar-refractivity contribution in [3.05, 3.63) is 0 Å². The Labute approximate surface area is 61.8 Å². The van der Waals surface area contributed by atoms with Crippen molar-refractivity contribution in [2.45, 2.75) is 0 Å². The molecule has 0 rings (SSSR count). The molecule has 0 aromatic rings. The second-order valence-electron chi connectivity index (χ2n) is 0. The third-order valence-electron chi connectivity index (χ3n) is 0. The molecule has 0 aliphatic rings. The fourth-order valence-electron chi connectivity index (χ4n) is 0. The Morgan fingerprint density at radius 1 is 1.25 bits per heavy atom. The minimum Gasteiger partial charge on any atom is 0 e. The van der Waals surface area contributed by atoms with Gasteiger partial charge in [0.1, 0.15) is 0 Å². The van der Waals surface area contributed by atoms with Crippen LogP contribution < -0.4 is 0 Å². The van der Waals surface area contributed by atoms with Crippen molar-refractivity contribution in [1.82, 2.24) is 0 Å². The molecule has 0 amide bonds. The van der Waals surface area contributed by atoms with E-state index in [2.05, 4.69) is 27.3 Å². The van der Waals surface area contributed by atoms with E-state index in [9.17, 15) is 0 Å². The van der Waals surface area contributed by atoms with Gasteiger partial charge in [-0.05, 0) is 0 Å². The van der Waals surface area contributed by atoms with E-state index >= 15 is 0 Å². The number of hydrogen-bond donors (Lipinski definition) is 0. The van der Waals surface area contributed by atoms with Crippen LogP contribution in [-0.2, 0) is 48.7 Å². The normalized spacial score (nSPS) is 1.25. The van der Waals surface area contributed by atoms with Gasteiger partial charge in [-0.1, -0.05) is 0 Å². The van der Waals surface area contributed by atoms with Gasteiger partial charge in [0.25, 0.3) is 0 Å². The Morgan fingerprint density at radius 2 is 1.25 bits per heavy atom. The first kappa shape index (κ1) is 16.5. The van der Waals surface area contributed by atoms with Crippen molar-refractivity contribution in [2.24, 2.45) is 0 Å². The molecule has 0 bridgehead atoms. The molecule has 4 heteroatoms. The molecule has 1 radical (unpaired) electrons. The van der Waals surface area contributed by atoms with Gasteiger partial charge in [0.15, 0.2) is 0 Å². The van der Waals surface area contributed by atoms with Gasteiger partial charge in [0.05, 0.1) is 0 Å². The molecule has 0 unspecified atom stereocenters. The van der Waals surface area contributed by atoms with Crippen molar-refractivity contribution in [3.8, 4) is 0 Å². The van der Waals surface area contributed by atoms with Crippen LogP contribution in [-0.4, -0.2) is 13.7 Å². The Balaban J connectivity index is -0.00000000500. The predicted octanol–water partition coefficient (Wildman–Crippen LogP) is -0.388. The molecule has 0 nitrogen and oxygen atoms in total. The van der Waals surface area contributed by atoms with Crippen LogP contribution in [0.5, 0.6) is 0 Å². The summed E-state index contributed by atoms with van der Waals surface area (Å²) in [6.45, 7) is 0. The van der Waals surface area contributed by atoms with Gasteiger partial charge in [0.2, 0.25) is 0 Å². The Morgan fingerprint density at radius 3 is 1.25 bits per heavy atom. The van der Waals surface area contributed by atoms with E-state index in [0.717, 1.165) is 0 Å². The molecule has 0 aromatic carbocycles. The summed E-state index contributed by atoms with van der Waals surface area (Å²) in [5.41, 5.74) is 0. The molecule has 0 N–H and O–H groups in total. The molecule has 0 spiro atoms. The van der Waals surface area contributed by atoms with Crippen LogP contribution in [0.3, 0.4) is 0 Å². The molecule has 0 fully saturated rings. The average molecular weight is 244 g/mol. The van der Waals surface area contributed by atoms with E-state index in [1.165, 1.54) is 0 Å². The van der Waals surface area contributed by atoms with E-state index in [1.807, 2.05) is 0 Å². The monoisotopic (exact) mass is 245 g/mol. The second kappa shape index (κ2) is 19.4. The first-order chi connectivity index (χ1) is 1.00. The van der Waals surface area contributed by atoms with E-state index < -0.39 is 0 Å². The molecule has 0 heterocycles. The van der Waals surface area contributed by atoms with Crippen LogP contribution in [0.1, 0.15) is 0 Å². The predicted molar refractivity (Wildman–Crippen MR) is 5.75 cm³/mol. The van der Waals surface area contributed by atoms with Gasteiger partial charge >= 0.3 is 27.3 Å². The van der Waals surface area contributed by atoms with Gasteiger partial charge < -0.3 is 0 Å². The smallest absolute Gasteiger partial charge is 0 e. The van der Waals surface area contributed by atoms with Gasteiger partial charge in [-0.3, -0.25) is 0 Å². The molecule has 0 aliphatic carbocycles. The van der Waals surface area contributed by atoms with E-state index in [-0.39, 0.29) is 35.0 Å². The first-order valence-corrected chi connectivity index (χ1v) is 3.09. The summed E-state index contributed by atoms with van der Waals surface area (Å²) in [4.78, 5) is 0. The Kier molecular flexibility index (Phi) is 79.8. The zero-order valence-corrected chi connectivity index (χ0v) is 6.73. The van der Waals surface area contributed by atoms with E-state index in [1.54, 1.807) is 0 Å². The Hall–Kier alpha value is 2.12. The minimum absolute atomic E-state index is 0. The van der Waals surface area contributed by atoms with Gasteiger partial charge in [-0.15, -0.1) is 0 Å². The third kappa shape index (κ3) is 8.93. The number of rotatable bonds is 0. The van der Waals surface area contributed by atoms with Gasteiger partial charge in [-0.2, -0.15) is 0 Å². The standard InChI is InChI=1S/Fe.Ni.Se.V. The zero-order chi connectivity index (χ0) is 2.00. The van der Waals surface area contributed by atoms with Crippen LogP contribution in [0.25, 0.3) is 0 Å². The SMILES string of the molecule is [Fe]=[Se].[Ni].[V]. The molecule has 4 heavy (non-hydrogen) atoms. The number of hydrogen-bond acceptors (Lipinski definition) is 0. The van der Waals surface area contributed by atoms with E-state index in [0.29, 0.717) is 0 Å². The summed E-state index contributed by atoms with van der Waals surface area (Å²) >= 11 is 5.50. The second-order valence-corrected chi connectivity index (χ2v) is 0. The van der Waals surface area contributed by atoms with Crippen molar-refractivity contribution in [1.29, 1.82) is 0 Å². The van der Waals surface area contributed by atoms with Crippen molar-refractivity contribution in [2.75, 3.05) is 0 Å². The first-order valence-electron chi connectivity index (χ1n) is 0.144. The molecule has 0 aliphatic heterocycles. The molecular weight excluding hydrogens is 244 g/mol. The summed E-state index contributed by atoms with van der Waals surface area (Å²) < 4.78 is 0. The van der Waals surface area contributed by atoms with Crippen LogP contribution >= 0.6 is 0 Å². The summed E-state index contributed by atoms with van der Waals surface area (Å²) in [7, 11) is 0. The summed E-state index contributed by atoms with van der Waals surface area (Å²) in [5.74, 6) is 0. The van der Waals surface area contributed by atoms with Gasteiger partial charge in [-0.25, -0.2) is 0 Å². The average Bonchev–Trinajstić information content (AvgIpc) is 1.00. The quantitative estimate of drug-likeness (QED) is 0.509. The summed E-state index contributed by atoms with van der Waals surface area (Å²) in [6.07, 6.45) is 0. The van der Waals surface area contributed by atoms with Crippen LogP contribution in [0.15, 0.2) is 0 Å². The maximum Gasteiger partial charge on any atom is 0 e. The zero-order valence-electron chi connectivity index (χ0n) is 1.53. The van der Waals surface area contributed by atoms with Crippen molar-refractivity contribution < 1.29 is 48.7 Å². The maximum absolute atomic E-state index is 3.12. The third-order valence-corrected chi connectivity index (χ3v) is 0. The minimum atomic E-state index is 0. The summed E-state index contributed by atoms with van der Waals surface area (Å²) in [5, 5.41) is 0. The fraction of sp³-hybridized carbons (Fsp3) is 0. The fourth-order valence-corrected chi connectivity index (χ4v) is 0. The summed E-state index contributed by atoms with van der Waals surface area (Å²) in [6, 6.07) is 0. The topological polar surface area (TPSA) is 0 Å². The van der Waals surface area contributed by atoms with Gasteiger partial charge in [0, 0.05) is 35.0 Å². The molecule has 0 saturated carbocycles. The van der Waals surface area contributed by atoms with Crippen molar-refractivity contribution >= 4 is 13.7 Å². The maximum atomic E-state index is 3.12. The molecule has 0 saturated heterocycles.